The predicted octanol–water partition coefficient (Wildman–Crippen LogP) is 5.15. The summed E-state index contributed by atoms with van der Waals surface area (Å²) < 4.78 is 1.78. The lowest BCUT2D eigenvalue weighted by Gasteiger charge is -2.39. The Balaban J connectivity index is 1.10. The molecule has 35 heavy (non-hydrogen) atoms. The summed E-state index contributed by atoms with van der Waals surface area (Å²) in [5.41, 5.74) is 7.73. The van der Waals surface area contributed by atoms with Crippen LogP contribution in [0.2, 0.25) is 10.0 Å². The molecule has 186 valence electrons. The summed E-state index contributed by atoms with van der Waals surface area (Å²) in [6, 6.07) is 13.2. The molecule has 3 aromatic rings. The molecule has 9 heteroatoms. The van der Waals surface area contributed by atoms with Gasteiger partial charge >= 0.3 is 6.03 Å². The molecule has 0 bridgehead atoms. The molecule has 0 atom stereocenters. The van der Waals surface area contributed by atoms with Crippen LogP contribution in [0.4, 0.5) is 16.3 Å². The van der Waals surface area contributed by atoms with Crippen LogP contribution in [0.25, 0.3) is 5.52 Å². The third-order valence-corrected chi connectivity index (χ3v) is 8.28. The minimum Gasteiger partial charge on any atom is -0.368 e. The Hall–Kier alpha value is -2.48. The van der Waals surface area contributed by atoms with Crippen LogP contribution >= 0.6 is 23.2 Å². The maximum Gasteiger partial charge on any atom is 0.320 e. The number of carbonyl (C=O) groups excluding carboxylic acids is 1. The van der Waals surface area contributed by atoms with Gasteiger partial charge in [-0.05, 0) is 61.8 Å². The van der Waals surface area contributed by atoms with Crippen molar-refractivity contribution in [1.82, 2.24) is 14.5 Å². The van der Waals surface area contributed by atoms with Crippen LogP contribution < -0.4 is 15.5 Å². The first-order valence-electron chi connectivity index (χ1n) is 12.4. The second-order valence-corrected chi connectivity index (χ2v) is 10.6. The van der Waals surface area contributed by atoms with Crippen molar-refractivity contribution in [3.63, 3.8) is 0 Å². The van der Waals surface area contributed by atoms with Crippen LogP contribution in [0.3, 0.4) is 0 Å². The Morgan fingerprint density at radius 1 is 1.00 bits per heavy atom. The predicted molar refractivity (Wildman–Crippen MR) is 143 cm³/mol. The molecule has 0 spiro atoms. The Morgan fingerprint density at radius 2 is 1.74 bits per heavy atom. The van der Waals surface area contributed by atoms with Crippen molar-refractivity contribution in [1.29, 1.82) is 0 Å². The highest BCUT2D eigenvalue weighted by Crippen LogP contribution is 2.34. The zero-order valence-corrected chi connectivity index (χ0v) is 21.3. The first kappa shape index (κ1) is 24.2. The highest BCUT2D eigenvalue weighted by atomic mass is 35.5. The van der Waals surface area contributed by atoms with Gasteiger partial charge in [0.1, 0.15) is 0 Å². The smallest absolute Gasteiger partial charge is 0.320 e. The number of halogens is 2. The van der Waals surface area contributed by atoms with Gasteiger partial charge in [0.25, 0.3) is 0 Å². The quantitative estimate of drug-likeness (QED) is 0.493. The van der Waals surface area contributed by atoms with Gasteiger partial charge in [-0.2, -0.15) is 0 Å². The van der Waals surface area contributed by atoms with E-state index in [1.54, 1.807) is 9.42 Å². The summed E-state index contributed by atoms with van der Waals surface area (Å²) in [5, 5.41) is 5.80. The topological polar surface area (TPSA) is 70.1 Å². The van der Waals surface area contributed by atoms with Crippen molar-refractivity contribution in [2.45, 2.75) is 25.7 Å². The molecule has 1 aromatic carbocycles. The average Bonchev–Trinajstić information content (AvgIpc) is 3.29. The number of fused-ring (bicyclic) bond motifs is 1. The number of urea groups is 1. The van der Waals surface area contributed by atoms with Gasteiger partial charge in [0.2, 0.25) is 0 Å². The number of hydrogen-bond acceptors (Lipinski definition) is 4. The van der Waals surface area contributed by atoms with Crippen LogP contribution in [-0.4, -0.2) is 59.8 Å². The molecule has 2 fully saturated rings. The van der Waals surface area contributed by atoms with Crippen molar-refractivity contribution in [3.05, 3.63) is 58.7 Å². The van der Waals surface area contributed by atoms with E-state index in [4.69, 9.17) is 28.9 Å². The summed E-state index contributed by atoms with van der Waals surface area (Å²) in [4.78, 5) is 18.8. The van der Waals surface area contributed by atoms with Gasteiger partial charge in [-0.25, -0.2) is 9.31 Å². The minimum absolute atomic E-state index is 0.437. The number of nitrogens with zero attached hydrogens (tertiary/aromatic N) is 5. The number of carbonyl (C=O) groups is 1. The Kier molecular flexibility index (Phi) is 7.37. The van der Waals surface area contributed by atoms with Crippen molar-refractivity contribution in [2.24, 2.45) is 17.6 Å². The van der Waals surface area contributed by atoms with Crippen molar-refractivity contribution >= 4 is 46.3 Å². The molecule has 1 aliphatic carbocycles. The van der Waals surface area contributed by atoms with Crippen molar-refractivity contribution in [3.8, 4) is 0 Å². The molecule has 2 aliphatic rings. The van der Waals surface area contributed by atoms with Gasteiger partial charge < -0.3 is 10.6 Å². The van der Waals surface area contributed by atoms with E-state index in [9.17, 15) is 4.79 Å². The second kappa shape index (κ2) is 10.6. The summed E-state index contributed by atoms with van der Waals surface area (Å²) in [7, 11) is 0. The molecule has 3 heterocycles. The molecule has 0 radical (unpaired) electrons. The standard InChI is InChI=1S/C26H32Cl2N6O/c27-22-5-3-6-23(25(22)28)32-14-12-31(13-15-32)17-19-7-9-20(10-8-19)18-33(26(29)35)24-16-21-4-1-2-11-34(21)30-24/h1-6,11,16,19-20H,7-10,12-15,17-18H2,(H2,29,35). The number of primary amides is 1. The number of benzene rings is 1. The van der Waals surface area contributed by atoms with E-state index < -0.39 is 6.03 Å². The summed E-state index contributed by atoms with van der Waals surface area (Å²) in [6.07, 6.45) is 6.47. The first-order valence-corrected chi connectivity index (χ1v) is 13.2. The molecular formula is C26H32Cl2N6O. The molecule has 1 saturated carbocycles. The zero-order chi connectivity index (χ0) is 24.4. The Bertz CT molecular complexity index is 1130. The van der Waals surface area contributed by atoms with E-state index in [2.05, 4.69) is 14.9 Å². The summed E-state index contributed by atoms with van der Waals surface area (Å²) in [5.74, 6) is 1.78. The van der Waals surface area contributed by atoms with Gasteiger partial charge in [0, 0.05) is 51.5 Å². The van der Waals surface area contributed by atoms with Gasteiger partial charge in [-0.15, -0.1) is 5.10 Å². The number of piperazine rings is 1. The van der Waals surface area contributed by atoms with Crippen molar-refractivity contribution in [2.75, 3.05) is 49.1 Å². The summed E-state index contributed by atoms with van der Waals surface area (Å²) in [6.45, 7) is 5.75. The fourth-order valence-corrected chi connectivity index (χ4v) is 5.90. The van der Waals surface area contributed by atoms with Gasteiger partial charge in [-0.1, -0.05) is 35.3 Å². The van der Waals surface area contributed by atoms with Gasteiger partial charge in [0.15, 0.2) is 5.82 Å². The van der Waals surface area contributed by atoms with Crippen LogP contribution in [-0.2, 0) is 0 Å². The maximum atomic E-state index is 12.2. The number of pyridine rings is 1. The number of hydrogen-bond donors (Lipinski definition) is 1. The Morgan fingerprint density at radius 3 is 2.46 bits per heavy atom. The van der Waals surface area contributed by atoms with E-state index in [0.29, 0.717) is 34.2 Å². The highest BCUT2D eigenvalue weighted by molar-refractivity contribution is 6.43. The molecular weight excluding hydrogens is 483 g/mol. The van der Waals surface area contributed by atoms with E-state index in [0.717, 1.165) is 56.8 Å². The average molecular weight is 515 g/mol. The van der Waals surface area contributed by atoms with E-state index in [1.165, 1.54) is 12.8 Å². The van der Waals surface area contributed by atoms with Crippen LogP contribution in [0.5, 0.6) is 0 Å². The van der Waals surface area contributed by atoms with Gasteiger partial charge in [0.05, 0.1) is 21.2 Å². The third-order valence-electron chi connectivity index (χ3n) is 7.47. The normalized spacial score (nSPS) is 21.4. The van der Waals surface area contributed by atoms with E-state index in [-0.39, 0.29) is 0 Å². The second-order valence-electron chi connectivity index (χ2n) is 9.77. The minimum atomic E-state index is -0.437. The molecule has 2 amide bonds. The molecule has 1 saturated heterocycles. The molecule has 2 N–H and O–H groups in total. The number of amides is 2. The fraction of sp³-hybridized carbons (Fsp3) is 0.462. The number of nitrogens with two attached hydrogens (primary N) is 1. The molecule has 1 aliphatic heterocycles. The number of aromatic nitrogens is 2. The SMILES string of the molecule is NC(=O)N(CC1CCC(CN2CCN(c3cccc(Cl)c3Cl)CC2)CC1)c1cc2ccccn2n1. The van der Waals surface area contributed by atoms with Crippen LogP contribution in [0.1, 0.15) is 25.7 Å². The first-order chi connectivity index (χ1) is 17.0. The lowest BCUT2D eigenvalue weighted by Crippen LogP contribution is -2.48. The third kappa shape index (κ3) is 5.52. The number of anilines is 2. The molecule has 7 nitrogen and oxygen atoms in total. The van der Waals surface area contributed by atoms with Crippen LogP contribution in [0.15, 0.2) is 48.7 Å². The highest BCUT2D eigenvalue weighted by Gasteiger charge is 2.28. The Labute approximate surface area is 216 Å². The molecule has 0 unspecified atom stereocenters. The number of rotatable bonds is 6. The fourth-order valence-electron chi connectivity index (χ4n) is 5.48. The lowest BCUT2D eigenvalue weighted by molar-refractivity contribution is 0.174. The van der Waals surface area contributed by atoms with Gasteiger partial charge in [-0.3, -0.25) is 9.80 Å². The molecule has 5 rings (SSSR count). The monoisotopic (exact) mass is 514 g/mol. The van der Waals surface area contributed by atoms with Crippen molar-refractivity contribution < 1.29 is 4.79 Å². The summed E-state index contributed by atoms with van der Waals surface area (Å²) >= 11 is 12.6. The maximum absolute atomic E-state index is 12.2. The van der Waals surface area contributed by atoms with E-state index >= 15 is 0 Å². The molecule has 2 aromatic heterocycles. The van der Waals surface area contributed by atoms with E-state index in [1.807, 2.05) is 48.7 Å². The van der Waals surface area contributed by atoms with Crippen LogP contribution in [0, 0.1) is 11.8 Å². The lowest BCUT2D eigenvalue weighted by atomic mass is 9.81. The largest absolute Gasteiger partial charge is 0.368 e. The zero-order valence-electron chi connectivity index (χ0n) is 19.8.